The summed E-state index contributed by atoms with van der Waals surface area (Å²) in [5.41, 5.74) is 4.53. The Balaban J connectivity index is 0.000000243. The molecule has 0 aliphatic carbocycles. The zero-order chi connectivity index (χ0) is 18.5. The maximum Gasteiger partial charge on any atom is 0.416 e. The normalized spacial score (nSPS) is 10.5. The number of benzene rings is 2. The van der Waals surface area contributed by atoms with Crippen LogP contribution in [0.15, 0.2) is 40.9 Å². The average molecular weight is 424 g/mol. The first-order valence-corrected chi connectivity index (χ1v) is 7.39. The van der Waals surface area contributed by atoms with Gasteiger partial charge in [0.05, 0.1) is 10.0 Å². The van der Waals surface area contributed by atoms with Crippen molar-refractivity contribution in [3.63, 3.8) is 0 Å². The Labute approximate surface area is 148 Å². The van der Waals surface area contributed by atoms with Crippen molar-refractivity contribution in [2.75, 3.05) is 0 Å². The molecule has 0 heterocycles. The van der Waals surface area contributed by atoms with Gasteiger partial charge in [-0.15, -0.1) is 0 Å². The molecule has 1 amide bonds. The Hall–Kier alpha value is -2.06. The van der Waals surface area contributed by atoms with Gasteiger partial charge in [-0.3, -0.25) is 4.79 Å². The first kappa shape index (κ1) is 20.0. The van der Waals surface area contributed by atoms with Gasteiger partial charge in [-0.25, -0.2) is 0 Å². The summed E-state index contributed by atoms with van der Waals surface area (Å²) in [5.74, 6) is -0.696. The van der Waals surface area contributed by atoms with Crippen molar-refractivity contribution in [2.45, 2.75) is 6.18 Å². The van der Waals surface area contributed by atoms with Crippen molar-refractivity contribution in [1.82, 2.24) is 0 Å². The summed E-state index contributed by atoms with van der Waals surface area (Å²) in [4.78, 5) is 10.5. The number of nitrogens with two attached hydrogens (primary N) is 1. The number of carbonyl (C=O) groups is 1. The lowest BCUT2D eigenvalue weighted by atomic mass is 10.1. The highest BCUT2D eigenvalue weighted by Gasteiger charge is 2.30. The molecule has 0 saturated carbocycles. The second-order valence-corrected chi connectivity index (χ2v) is 5.70. The minimum atomic E-state index is -4.38. The molecule has 0 aromatic heterocycles. The van der Waals surface area contributed by atoms with Crippen LogP contribution in [0.4, 0.5) is 13.2 Å². The van der Waals surface area contributed by atoms with E-state index in [0.717, 1.165) is 30.5 Å². The molecular formula is C15H11BrClF3N2O2. The number of nitrogens with one attached hydrogen (secondary N) is 1. The monoisotopic (exact) mass is 422 g/mol. The Morgan fingerprint density at radius 3 is 2.21 bits per heavy atom. The van der Waals surface area contributed by atoms with Crippen molar-refractivity contribution >= 4 is 39.7 Å². The van der Waals surface area contributed by atoms with Crippen molar-refractivity contribution in [3.05, 3.63) is 62.6 Å². The number of hydrogen-bond donors (Lipinski definition) is 3. The predicted molar refractivity (Wildman–Crippen MR) is 88.7 cm³/mol. The molecule has 0 radical (unpaired) electrons. The molecule has 4 N–H and O–H groups in total. The third-order valence-electron chi connectivity index (χ3n) is 2.71. The van der Waals surface area contributed by atoms with Crippen molar-refractivity contribution in [1.29, 1.82) is 5.41 Å². The van der Waals surface area contributed by atoms with Crippen LogP contribution in [0, 0.1) is 5.41 Å². The molecule has 0 bridgehead atoms. The van der Waals surface area contributed by atoms with Gasteiger partial charge >= 0.3 is 6.18 Å². The number of hydrogen-bond acceptors (Lipinski definition) is 3. The smallest absolute Gasteiger partial charge is 0.416 e. The Morgan fingerprint density at radius 2 is 1.79 bits per heavy atom. The number of carbonyl (C=O) groups excluding carboxylic acids is 1. The average Bonchev–Trinajstić information content (AvgIpc) is 2.50. The summed E-state index contributed by atoms with van der Waals surface area (Å²) < 4.78 is 36.5. The van der Waals surface area contributed by atoms with Crippen LogP contribution in [0.2, 0.25) is 5.02 Å². The minimum absolute atomic E-state index is 0.0457. The maximum absolute atomic E-state index is 12.0. The molecule has 9 heteroatoms. The third kappa shape index (κ3) is 5.54. The summed E-state index contributed by atoms with van der Waals surface area (Å²) >= 11 is 8.76. The van der Waals surface area contributed by atoms with Crippen LogP contribution in [-0.4, -0.2) is 17.2 Å². The largest absolute Gasteiger partial charge is 0.506 e. The van der Waals surface area contributed by atoms with Gasteiger partial charge in [-0.1, -0.05) is 11.6 Å². The molecule has 2 aromatic rings. The van der Waals surface area contributed by atoms with Gasteiger partial charge in [0.2, 0.25) is 5.91 Å². The van der Waals surface area contributed by atoms with Gasteiger partial charge in [-0.05, 0) is 52.3 Å². The van der Waals surface area contributed by atoms with Crippen LogP contribution in [0.1, 0.15) is 21.5 Å². The number of phenols is 1. The number of rotatable bonds is 2. The van der Waals surface area contributed by atoms with Gasteiger partial charge in [0.1, 0.15) is 5.75 Å². The van der Waals surface area contributed by atoms with Crippen LogP contribution in [0.3, 0.4) is 0 Å². The van der Waals surface area contributed by atoms with E-state index in [2.05, 4.69) is 15.9 Å². The standard InChI is InChI=1S/C8H6F3NO.C7H5BrClNO/c9-8(10,11)6-3-1-5(2-4-6)7(12)13;8-6-2-5(9)1-4(3-10)7(6)11/h1-4H,(H2,12,13);1-3,10-11H. The zero-order valence-corrected chi connectivity index (χ0v) is 14.2. The Bertz CT molecular complexity index is 750. The number of phenolic OH excluding ortho intramolecular Hbond substituents is 1. The molecule has 0 spiro atoms. The summed E-state index contributed by atoms with van der Waals surface area (Å²) in [6.07, 6.45) is -3.33. The van der Waals surface area contributed by atoms with E-state index in [0.29, 0.717) is 15.1 Å². The molecule has 4 nitrogen and oxygen atoms in total. The highest BCUT2D eigenvalue weighted by molar-refractivity contribution is 9.10. The molecule has 0 aliphatic rings. The number of halogens is 5. The van der Waals surface area contributed by atoms with Gasteiger partial charge in [0, 0.05) is 22.4 Å². The van der Waals surface area contributed by atoms with E-state index in [1.165, 1.54) is 6.07 Å². The van der Waals surface area contributed by atoms with Crippen molar-refractivity contribution < 1.29 is 23.1 Å². The van der Waals surface area contributed by atoms with E-state index in [1.54, 1.807) is 6.07 Å². The van der Waals surface area contributed by atoms with Crippen molar-refractivity contribution in [2.24, 2.45) is 5.73 Å². The van der Waals surface area contributed by atoms with Crippen LogP contribution in [-0.2, 0) is 6.18 Å². The van der Waals surface area contributed by atoms with E-state index >= 15 is 0 Å². The third-order valence-corrected chi connectivity index (χ3v) is 3.53. The minimum Gasteiger partial charge on any atom is -0.506 e. The van der Waals surface area contributed by atoms with Crippen LogP contribution in [0.5, 0.6) is 5.75 Å². The SMILES string of the molecule is N=Cc1cc(Cl)cc(Br)c1O.NC(=O)c1ccc(C(F)(F)F)cc1. The summed E-state index contributed by atoms with van der Waals surface area (Å²) in [6.45, 7) is 0. The van der Waals surface area contributed by atoms with E-state index in [1.807, 2.05) is 0 Å². The molecule has 0 saturated heterocycles. The quantitative estimate of drug-likeness (QED) is 0.616. The summed E-state index contributed by atoms with van der Waals surface area (Å²) in [5, 5.41) is 16.7. The zero-order valence-electron chi connectivity index (χ0n) is 11.9. The molecule has 0 aliphatic heterocycles. The van der Waals surface area contributed by atoms with E-state index in [4.69, 9.17) is 22.7 Å². The predicted octanol–water partition coefficient (Wildman–Crippen LogP) is 4.61. The molecule has 0 unspecified atom stereocenters. The van der Waals surface area contributed by atoms with Gasteiger partial charge < -0.3 is 16.2 Å². The topological polar surface area (TPSA) is 87.2 Å². The van der Waals surface area contributed by atoms with Crippen LogP contribution in [0.25, 0.3) is 0 Å². The van der Waals surface area contributed by atoms with Crippen LogP contribution < -0.4 is 5.73 Å². The number of aromatic hydroxyl groups is 1. The fraction of sp³-hybridized carbons (Fsp3) is 0.0667. The van der Waals surface area contributed by atoms with Crippen LogP contribution >= 0.6 is 27.5 Å². The molecular weight excluding hydrogens is 413 g/mol. The fourth-order valence-corrected chi connectivity index (χ4v) is 2.35. The van der Waals surface area contributed by atoms with Gasteiger partial charge in [0.15, 0.2) is 0 Å². The molecule has 0 fully saturated rings. The van der Waals surface area contributed by atoms with E-state index < -0.39 is 17.6 Å². The highest BCUT2D eigenvalue weighted by Crippen LogP contribution is 2.30. The van der Waals surface area contributed by atoms with Crippen molar-refractivity contribution in [3.8, 4) is 5.75 Å². The fourth-order valence-electron chi connectivity index (χ4n) is 1.52. The summed E-state index contributed by atoms with van der Waals surface area (Å²) in [6, 6.07) is 6.83. The second kappa shape index (κ2) is 8.16. The first-order chi connectivity index (χ1) is 11.1. The lowest BCUT2D eigenvalue weighted by Gasteiger charge is -2.05. The lowest BCUT2D eigenvalue weighted by molar-refractivity contribution is -0.137. The Kier molecular flexibility index (Phi) is 6.80. The lowest BCUT2D eigenvalue weighted by Crippen LogP contribution is -2.11. The number of primary amides is 1. The Morgan fingerprint density at radius 1 is 1.25 bits per heavy atom. The van der Waals surface area contributed by atoms with E-state index in [9.17, 15) is 23.1 Å². The highest BCUT2D eigenvalue weighted by atomic mass is 79.9. The molecule has 2 aromatic carbocycles. The second-order valence-electron chi connectivity index (χ2n) is 4.41. The van der Waals surface area contributed by atoms with Gasteiger partial charge in [0.25, 0.3) is 0 Å². The van der Waals surface area contributed by atoms with Gasteiger partial charge in [-0.2, -0.15) is 13.2 Å². The molecule has 2 rings (SSSR count). The van der Waals surface area contributed by atoms with E-state index in [-0.39, 0.29) is 11.3 Å². The number of amides is 1. The molecule has 128 valence electrons. The number of alkyl halides is 3. The maximum atomic E-state index is 12.0. The summed E-state index contributed by atoms with van der Waals surface area (Å²) in [7, 11) is 0. The first-order valence-electron chi connectivity index (χ1n) is 6.21. The molecule has 24 heavy (non-hydrogen) atoms. The molecule has 0 atom stereocenters.